The van der Waals surface area contributed by atoms with Gasteiger partial charge in [-0.2, -0.15) is 5.10 Å². The minimum Gasteiger partial charge on any atom is -0.387 e. The van der Waals surface area contributed by atoms with Gasteiger partial charge in [-0.25, -0.2) is 13.1 Å². The van der Waals surface area contributed by atoms with Crippen LogP contribution in [0.2, 0.25) is 0 Å². The van der Waals surface area contributed by atoms with Crippen LogP contribution in [0.1, 0.15) is 24.2 Å². The van der Waals surface area contributed by atoms with E-state index in [4.69, 9.17) is 0 Å². The zero-order valence-electron chi connectivity index (χ0n) is 12.5. The molecule has 0 aromatic carbocycles. The number of β-amino-alcohol motifs (C(OH)–C–C–N with tert-alkyl or cyclic N) is 1. The second-order valence-corrected chi connectivity index (χ2v) is 7.16. The van der Waals surface area contributed by atoms with Crippen LogP contribution in [-0.2, 0) is 17.1 Å². The van der Waals surface area contributed by atoms with Crippen molar-refractivity contribution in [3.05, 3.63) is 11.4 Å². The van der Waals surface area contributed by atoms with Crippen LogP contribution in [0, 0.1) is 13.8 Å². The van der Waals surface area contributed by atoms with Crippen molar-refractivity contribution in [3.63, 3.8) is 0 Å². The van der Waals surface area contributed by atoms with E-state index in [1.54, 1.807) is 25.6 Å². The third kappa shape index (κ3) is 3.95. The van der Waals surface area contributed by atoms with E-state index < -0.39 is 15.6 Å². The highest BCUT2D eigenvalue weighted by Crippen LogP contribution is 2.20. The lowest BCUT2D eigenvalue weighted by molar-refractivity contribution is 0.0218. The monoisotopic (exact) mass is 338 g/mol. The predicted molar refractivity (Wildman–Crippen MR) is 82.2 cm³/mol. The zero-order chi connectivity index (χ0) is 15.0. The van der Waals surface area contributed by atoms with Crippen LogP contribution in [0.15, 0.2) is 4.90 Å². The molecule has 1 saturated heterocycles. The summed E-state index contributed by atoms with van der Waals surface area (Å²) >= 11 is 0. The molecule has 1 fully saturated rings. The van der Waals surface area contributed by atoms with Crippen molar-refractivity contribution in [2.24, 2.45) is 7.05 Å². The van der Waals surface area contributed by atoms with Crippen molar-refractivity contribution < 1.29 is 13.5 Å². The smallest absolute Gasteiger partial charge is 0.244 e. The first-order chi connectivity index (χ1) is 9.25. The van der Waals surface area contributed by atoms with Gasteiger partial charge >= 0.3 is 0 Å². The molecule has 1 atom stereocenters. The molecular formula is C12H23ClN4O3S. The Morgan fingerprint density at radius 3 is 2.62 bits per heavy atom. The molecule has 1 aliphatic heterocycles. The summed E-state index contributed by atoms with van der Waals surface area (Å²) in [4.78, 5) is 0.201. The third-order valence-electron chi connectivity index (χ3n) is 3.75. The summed E-state index contributed by atoms with van der Waals surface area (Å²) in [5, 5.41) is 17.5. The Morgan fingerprint density at radius 1 is 1.48 bits per heavy atom. The maximum atomic E-state index is 12.4. The van der Waals surface area contributed by atoms with Crippen LogP contribution < -0.4 is 10.0 Å². The summed E-state index contributed by atoms with van der Waals surface area (Å²) in [5.41, 5.74) is 0.0324. The molecule has 1 aromatic heterocycles. The fourth-order valence-electron chi connectivity index (χ4n) is 2.55. The first-order valence-corrected chi connectivity index (χ1v) is 8.16. The minimum atomic E-state index is -3.66. The Bertz CT molecular complexity index is 594. The van der Waals surface area contributed by atoms with Crippen LogP contribution in [-0.4, -0.2) is 48.5 Å². The molecule has 0 radical (unpaired) electrons. The molecule has 0 spiro atoms. The van der Waals surface area contributed by atoms with E-state index in [0.717, 1.165) is 13.0 Å². The Hall–Kier alpha value is -0.670. The molecule has 122 valence electrons. The van der Waals surface area contributed by atoms with Gasteiger partial charge in [0.15, 0.2) is 0 Å². The largest absolute Gasteiger partial charge is 0.387 e. The molecule has 2 rings (SSSR count). The molecule has 0 saturated carbocycles. The zero-order valence-corrected chi connectivity index (χ0v) is 14.1. The number of piperidine rings is 1. The van der Waals surface area contributed by atoms with Gasteiger partial charge in [-0.1, -0.05) is 0 Å². The van der Waals surface area contributed by atoms with Gasteiger partial charge in [-0.3, -0.25) is 4.68 Å². The van der Waals surface area contributed by atoms with Crippen LogP contribution in [0.25, 0.3) is 0 Å². The Balaban J connectivity index is 0.00000220. The summed E-state index contributed by atoms with van der Waals surface area (Å²) in [7, 11) is -1.95. The number of nitrogens with zero attached hydrogens (tertiary/aromatic N) is 2. The normalized spacial score (nSPS) is 22.9. The van der Waals surface area contributed by atoms with Gasteiger partial charge in [0.1, 0.15) is 4.90 Å². The fourth-order valence-corrected chi connectivity index (χ4v) is 4.10. The van der Waals surface area contributed by atoms with E-state index in [-0.39, 0.29) is 23.8 Å². The van der Waals surface area contributed by atoms with Gasteiger partial charge in [0.05, 0.1) is 17.0 Å². The van der Waals surface area contributed by atoms with E-state index in [1.165, 1.54) is 0 Å². The Morgan fingerprint density at radius 2 is 2.14 bits per heavy atom. The van der Waals surface area contributed by atoms with Gasteiger partial charge in [-0.05, 0) is 33.2 Å². The van der Waals surface area contributed by atoms with Crippen LogP contribution in [0.5, 0.6) is 0 Å². The van der Waals surface area contributed by atoms with Gasteiger partial charge in [-0.15, -0.1) is 12.4 Å². The highest BCUT2D eigenvalue weighted by Gasteiger charge is 2.32. The summed E-state index contributed by atoms with van der Waals surface area (Å²) in [5.74, 6) is 0. The van der Waals surface area contributed by atoms with E-state index in [2.05, 4.69) is 15.1 Å². The first kappa shape index (κ1) is 18.4. The second kappa shape index (κ2) is 6.62. The Labute approximate surface area is 131 Å². The molecule has 0 bridgehead atoms. The summed E-state index contributed by atoms with van der Waals surface area (Å²) in [6, 6.07) is 0. The van der Waals surface area contributed by atoms with Crippen molar-refractivity contribution in [2.75, 3.05) is 19.6 Å². The molecule has 21 heavy (non-hydrogen) atoms. The van der Waals surface area contributed by atoms with Crippen molar-refractivity contribution in [1.82, 2.24) is 19.8 Å². The number of aromatic nitrogens is 2. The molecule has 1 aliphatic rings. The fraction of sp³-hybridized carbons (Fsp3) is 0.750. The number of hydrogen-bond acceptors (Lipinski definition) is 5. The molecule has 0 amide bonds. The number of aryl methyl sites for hydroxylation is 2. The summed E-state index contributed by atoms with van der Waals surface area (Å²) < 4.78 is 28.8. The minimum absolute atomic E-state index is 0. The number of aliphatic hydroxyl groups is 1. The first-order valence-electron chi connectivity index (χ1n) is 6.68. The van der Waals surface area contributed by atoms with Crippen LogP contribution in [0.3, 0.4) is 0 Å². The summed E-state index contributed by atoms with van der Waals surface area (Å²) in [6.45, 7) is 4.65. The van der Waals surface area contributed by atoms with Crippen molar-refractivity contribution >= 4 is 22.4 Å². The SMILES string of the molecule is Cc1nn(C)c(C)c1S(=O)(=O)NCC1(O)CCCNC1.Cl. The number of sulfonamides is 1. The molecule has 9 heteroatoms. The standard InChI is InChI=1S/C12H22N4O3S.ClH/c1-9-11(10(2)16(3)15-9)20(18,19)14-8-12(17)5-4-6-13-7-12;/h13-14,17H,4-8H2,1-3H3;1H. The lowest BCUT2D eigenvalue weighted by Gasteiger charge is -2.32. The van der Waals surface area contributed by atoms with E-state index in [1.807, 2.05) is 0 Å². The maximum Gasteiger partial charge on any atom is 0.244 e. The van der Waals surface area contributed by atoms with Gasteiger partial charge in [0.25, 0.3) is 0 Å². The van der Waals surface area contributed by atoms with Crippen LogP contribution in [0.4, 0.5) is 0 Å². The molecule has 7 nitrogen and oxygen atoms in total. The third-order valence-corrected chi connectivity index (χ3v) is 5.41. The molecule has 3 N–H and O–H groups in total. The second-order valence-electron chi connectivity index (χ2n) is 5.45. The molecule has 1 unspecified atom stereocenters. The van der Waals surface area contributed by atoms with Gasteiger partial charge in [0.2, 0.25) is 10.0 Å². The van der Waals surface area contributed by atoms with Crippen molar-refractivity contribution in [1.29, 1.82) is 0 Å². The molecule has 1 aromatic rings. The topological polar surface area (TPSA) is 96.2 Å². The molecular weight excluding hydrogens is 316 g/mol. The highest BCUT2D eigenvalue weighted by atomic mass is 35.5. The van der Waals surface area contributed by atoms with Gasteiger partial charge < -0.3 is 10.4 Å². The summed E-state index contributed by atoms with van der Waals surface area (Å²) in [6.07, 6.45) is 1.43. The van der Waals surface area contributed by atoms with Crippen LogP contribution >= 0.6 is 12.4 Å². The predicted octanol–water partition coefficient (Wildman–Crippen LogP) is -0.148. The number of halogens is 1. The highest BCUT2D eigenvalue weighted by molar-refractivity contribution is 7.89. The van der Waals surface area contributed by atoms with Crippen molar-refractivity contribution in [3.8, 4) is 0 Å². The average Bonchev–Trinajstić information content (AvgIpc) is 2.63. The van der Waals surface area contributed by atoms with E-state index in [0.29, 0.717) is 24.4 Å². The maximum absolute atomic E-state index is 12.4. The molecule has 0 aliphatic carbocycles. The molecule has 2 heterocycles. The average molecular weight is 339 g/mol. The number of hydrogen-bond donors (Lipinski definition) is 3. The number of rotatable bonds is 4. The van der Waals surface area contributed by atoms with Crippen molar-refractivity contribution in [2.45, 2.75) is 37.2 Å². The van der Waals surface area contributed by atoms with Gasteiger partial charge in [0, 0.05) is 20.1 Å². The lowest BCUT2D eigenvalue weighted by Crippen LogP contribution is -2.52. The number of nitrogens with one attached hydrogen (secondary N) is 2. The Kier molecular flexibility index (Phi) is 5.79. The van der Waals surface area contributed by atoms with E-state index >= 15 is 0 Å². The lowest BCUT2D eigenvalue weighted by atomic mass is 9.95. The van der Waals surface area contributed by atoms with E-state index in [9.17, 15) is 13.5 Å². The quantitative estimate of drug-likeness (QED) is 0.709.